The van der Waals surface area contributed by atoms with Crippen LogP contribution in [0.15, 0.2) is 36.4 Å². The van der Waals surface area contributed by atoms with Gasteiger partial charge >= 0.3 is 0 Å². The van der Waals surface area contributed by atoms with E-state index in [0.717, 1.165) is 17.1 Å². The third-order valence-corrected chi connectivity index (χ3v) is 4.10. The van der Waals surface area contributed by atoms with E-state index < -0.39 is 5.91 Å². The van der Waals surface area contributed by atoms with Crippen LogP contribution in [0.25, 0.3) is 0 Å². The van der Waals surface area contributed by atoms with Crippen molar-refractivity contribution >= 4 is 11.8 Å². The van der Waals surface area contributed by atoms with Gasteiger partial charge in [0.25, 0.3) is 11.8 Å². The highest BCUT2D eigenvalue weighted by atomic mass is 16.6. The number of amides is 2. The van der Waals surface area contributed by atoms with Gasteiger partial charge in [-0.1, -0.05) is 6.07 Å². The second-order valence-corrected chi connectivity index (χ2v) is 6.10. The van der Waals surface area contributed by atoms with Gasteiger partial charge < -0.3 is 30.0 Å². The number of methoxy groups -OCH3 is 1. The molecule has 0 atom stereocenters. The molecule has 0 fully saturated rings. The van der Waals surface area contributed by atoms with Crippen LogP contribution < -0.4 is 30.0 Å². The van der Waals surface area contributed by atoms with Crippen LogP contribution in [0.2, 0.25) is 0 Å². The van der Waals surface area contributed by atoms with Crippen molar-refractivity contribution in [3.63, 3.8) is 0 Å². The minimum Gasteiger partial charge on any atom is -0.493 e. The molecule has 0 aromatic heterocycles. The fourth-order valence-electron chi connectivity index (χ4n) is 2.74. The lowest BCUT2D eigenvalue weighted by Crippen LogP contribution is -2.26. The van der Waals surface area contributed by atoms with E-state index in [1.807, 2.05) is 18.2 Å². The number of fused-ring (bicyclic) bond motifs is 1. The van der Waals surface area contributed by atoms with Gasteiger partial charge in [0.1, 0.15) is 13.2 Å². The average Bonchev–Trinajstić information content (AvgIpc) is 2.71. The predicted molar refractivity (Wildman–Crippen MR) is 101 cm³/mol. The summed E-state index contributed by atoms with van der Waals surface area (Å²) in [6, 6.07) is 10.5. The molecule has 0 unspecified atom stereocenters. The monoisotopic (exact) mass is 386 g/mol. The van der Waals surface area contributed by atoms with E-state index in [-0.39, 0.29) is 12.5 Å². The Morgan fingerprint density at radius 2 is 1.86 bits per heavy atom. The fraction of sp³-hybridized carbons (Fsp3) is 0.300. The van der Waals surface area contributed by atoms with E-state index >= 15 is 0 Å². The minimum atomic E-state index is -0.594. The normalized spacial score (nSPS) is 12.2. The zero-order valence-electron chi connectivity index (χ0n) is 15.5. The Balaban J connectivity index is 1.56. The maximum atomic E-state index is 12.4. The summed E-state index contributed by atoms with van der Waals surface area (Å²) in [7, 11) is 1.45. The van der Waals surface area contributed by atoms with Crippen LogP contribution >= 0.6 is 0 Å². The number of benzene rings is 2. The largest absolute Gasteiger partial charge is 0.493 e. The first-order valence-electron chi connectivity index (χ1n) is 8.82. The number of carbonyl (C=O) groups excluding carboxylic acids is 2. The summed E-state index contributed by atoms with van der Waals surface area (Å²) >= 11 is 0. The molecule has 148 valence electrons. The smallest absolute Gasteiger partial charge is 0.255 e. The number of hydrogen-bond donors (Lipinski definition) is 2. The highest BCUT2D eigenvalue weighted by Crippen LogP contribution is 2.31. The molecule has 2 aromatic rings. The molecule has 8 nitrogen and oxygen atoms in total. The number of carbonyl (C=O) groups is 2. The summed E-state index contributed by atoms with van der Waals surface area (Å²) in [6.07, 6.45) is 0.652. The fourth-order valence-corrected chi connectivity index (χ4v) is 2.74. The molecule has 8 heteroatoms. The van der Waals surface area contributed by atoms with Gasteiger partial charge in [-0.15, -0.1) is 0 Å². The number of primary amides is 1. The third-order valence-electron chi connectivity index (χ3n) is 4.10. The first-order chi connectivity index (χ1) is 13.6. The maximum Gasteiger partial charge on any atom is 0.255 e. The van der Waals surface area contributed by atoms with E-state index in [2.05, 4.69) is 5.32 Å². The van der Waals surface area contributed by atoms with Crippen molar-refractivity contribution in [2.75, 3.05) is 33.5 Å². The van der Waals surface area contributed by atoms with Gasteiger partial charge in [-0.25, -0.2) is 0 Å². The lowest BCUT2D eigenvalue weighted by molar-refractivity contribution is -0.119. The molecular weight excluding hydrogens is 364 g/mol. The number of nitrogens with one attached hydrogen (secondary N) is 1. The van der Waals surface area contributed by atoms with Crippen LogP contribution in [0, 0.1) is 0 Å². The maximum absolute atomic E-state index is 12.4. The van der Waals surface area contributed by atoms with Crippen molar-refractivity contribution in [2.45, 2.75) is 6.42 Å². The Labute approximate surface area is 162 Å². The summed E-state index contributed by atoms with van der Waals surface area (Å²) in [5.41, 5.74) is 6.53. The van der Waals surface area contributed by atoms with Crippen molar-refractivity contribution in [2.24, 2.45) is 5.73 Å². The van der Waals surface area contributed by atoms with Crippen molar-refractivity contribution < 1.29 is 28.5 Å². The number of nitrogens with two attached hydrogens (primary N) is 1. The molecule has 0 aliphatic carbocycles. The Morgan fingerprint density at radius 1 is 1.07 bits per heavy atom. The topological polar surface area (TPSA) is 109 Å². The van der Waals surface area contributed by atoms with E-state index in [9.17, 15) is 9.59 Å². The molecule has 1 aliphatic heterocycles. The molecule has 2 aromatic carbocycles. The minimum absolute atomic E-state index is 0.239. The second-order valence-electron chi connectivity index (χ2n) is 6.10. The molecule has 0 bridgehead atoms. The van der Waals surface area contributed by atoms with Gasteiger partial charge in [0, 0.05) is 12.1 Å². The first-order valence-corrected chi connectivity index (χ1v) is 8.82. The quantitative estimate of drug-likeness (QED) is 0.708. The average molecular weight is 386 g/mol. The van der Waals surface area contributed by atoms with Gasteiger partial charge in [0.2, 0.25) is 0 Å². The summed E-state index contributed by atoms with van der Waals surface area (Å²) in [4.78, 5) is 23.2. The molecule has 1 heterocycles. The van der Waals surface area contributed by atoms with Crippen molar-refractivity contribution in [1.82, 2.24) is 5.32 Å². The van der Waals surface area contributed by atoms with Crippen molar-refractivity contribution in [3.8, 4) is 23.0 Å². The molecule has 0 saturated heterocycles. The van der Waals surface area contributed by atoms with Gasteiger partial charge in [-0.05, 0) is 42.3 Å². The van der Waals surface area contributed by atoms with Gasteiger partial charge in [-0.2, -0.15) is 0 Å². The highest BCUT2D eigenvalue weighted by Gasteiger charge is 2.13. The van der Waals surface area contributed by atoms with E-state index in [4.69, 9.17) is 24.7 Å². The Bertz CT molecular complexity index is 868. The molecule has 3 rings (SSSR count). The summed E-state index contributed by atoms with van der Waals surface area (Å²) in [6.45, 7) is 1.28. The van der Waals surface area contributed by atoms with Crippen LogP contribution in [0.4, 0.5) is 0 Å². The molecule has 0 spiro atoms. The summed E-state index contributed by atoms with van der Waals surface area (Å²) in [5.74, 6) is 1.33. The molecule has 2 amide bonds. The van der Waals surface area contributed by atoms with E-state index in [0.29, 0.717) is 43.2 Å². The number of ether oxygens (including phenoxy) is 4. The van der Waals surface area contributed by atoms with Crippen LogP contribution in [-0.2, 0) is 11.2 Å². The Kier molecular flexibility index (Phi) is 6.21. The predicted octanol–water partition coefficient (Wildman–Crippen LogP) is 1.30. The van der Waals surface area contributed by atoms with Crippen LogP contribution in [0.5, 0.6) is 23.0 Å². The Hall–Kier alpha value is -3.42. The van der Waals surface area contributed by atoms with Gasteiger partial charge in [0.15, 0.2) is 29.6 Å². The second kappa shape index (κ2) is 8.98. The molecule has 0 radical (unpaired) electrons. The standard InChI is InChI=1S/C20H22N2O6/c1-25-17-11-14(3-5-15(17)28-12-19(21)23)20(24)22-7-6-13-2-4-16-18(10-13)27-9-8-26-16/h2-5,10-11H,6-9,12H2,1H3,(H2,21,23)(H,22,24). The van der Waals surface area contributed by atoms with Crippen LogP contribution in [-0.4, -0.2) is 45.3 Å². The highest BCUT2D eigenvalue weighted by molar-refractivity contribution is 5.94. The van der Waals surface area contributed by atoms with Gasteiger partial charge in [0.05, 0.1) is 7.11 Å². The number of rotatable bonds is 8. The zero-order valence-corrected chi connectivity index (χ0v) is 15.5. The Morgan fingerprint density at radius 3 is 2.61 bits per heavy atom. The van der Waals surface area contributed by atoms with E-state index in [1.54, 1.807) is 18.2 Å². The molecule has 1 aliphatic rings. The number of hydrogen-bond acceptors (Lipinski definition) is 6. The van der Waals surface area contributed by atoms with Crippen molar-refractivity contribution in [1.29, 1.82) is 0 Å². The first kappa shape index (κ1) is 19.3. The summed E-state index contributed by atoms with van der Waals surface area (Å²) < 4.78 is 21.5. The molecule has 3 N–H and O–H groups in total. The van der Waals surface area contributed by atoms with Crippen molar-refractivity contribution in [3.05, 3.63) is 47.5 Å². The SMILES string of the molecule is COc1cc(C(=O)NCCc2ccc3c(c2)OCCO3)ccc1OCC(N)=O. The zero-order chi connectivity index (χ0) is 19.9. The molecular formula is C20H22N2O6. The summed E-state index contributed by atoms with van der Waals surface area (Å²) in [5, 5.41) is 2.87. The molecule has 28 heavy (non-hydrogen) atoms. The van der Waals surface area contributed by atoms with Crippen LogP contribution in [0.3, 0.4) is 0 Å². The van der Waals surface area contributed by atoms with Crippen LogP contribution in [0.1, 0.15) is 15.9 Å². The van der Waals surface area contributed by atoms with E-state index in [1.165, 1.54) is 7.11 Å². The van der Waals surface area contributed by atoms with Gasteiger partial charge in [-0.3, -0.25) is 9.59 Å². The lowest BCUT2D eigenvalue weighted by atomic mass is 10.1. The molecule has 0 saturated carbocycles. The third kappa shape index (κ3) is 4.85. The lowest BCUT2D eigenvalue weighted by Gasteiger charge is -2.18.